The summed E-state index contributed by atoms with van der Waals surface area (Å²) in [6, 6.07) is 26.9. The van der Waals surface area contributed by atoms with Gasteiger partial charge in [-0.05, 0) is 42.0 Å². The highest BCUT2D eigenvalue weighted by Gasteiger charge is 2.36. The van der Waals surface area contributed by atoms with Crippen LogP contribution in [0.3, 0.4) is 0 Å². The zero-order valence-corrected chi connectivity index (χ0v) is 16.1. The number of benzene rings is 3. The van der Waals surface area contributed by atoms with E-state index in [1.807, 2.05) is 18.2 Å². The summed E-state index contributed by atoms with van der Waals surface area (Å²) in [5, 5.41) is 9.72. The molecule has 3 heteroatoms. The summed E-state index contributed by atoms with van der Waals surface area (Å²) < 4.78 is 0. The molecule has 3 aromatic carbocycles. The SMILES string of the molecule is Cc1ccc(C(c2ccc(-c3ccccc3)cc2)N2CCCC2C(=O)O)cc1. The maximum Gasteiger partial charge on any atom is 0.320 e. The molecule has 0 aromatic heterocycles. The lowest BCUT2D eigenvalue weighted by molar-refractivity contribution is -0.142. The molecule has 1 N–H and O–H groups in total. The van der Waals surface area contributed by atoms with Gasteiger partial charge < -0.3 is 5.11 Å². The zero-order valence-electron chi connectivity index (χ0n) is 16.1. The van der Waals surface area contributed by atoms with Crippen LogP contribution in [0.1, 0.15) is 35.6 Å². The molecule has 142 valence electrons. The Morgan fingerprint density at radius 2 is 1.46 bits per heavy atom. The highest BCUT2D eigenvalue weighted by Crippen LogP contribution is 2.36. The molecular weight excluding hydrogens is 346 g/mol. The highest BCUT2D eigenvalue weighted by molar-refractivity contribution is 5.74. The standard InChI is InChI=1S/C25H25NO2/c1-18-9-11-21(12-10-18)24(26-17-5-8-23(26)25(27)28)22-15-13-20(14-16-22)19-6-3-2-4-7-19/h2-4,6-7,9-16,23-24H,5,8,17H2,1H3,(H,27,28). The van der Waals surface area contributed by atoms with Gasteiger partial charge in [0, 0.05) is 6.54 Å². The Hall–Kier alpha value is -2.91. The fourth-order valence-electron chi connectivity index (χ4n) is 4.18. The van der Waals surface area contributed by atoms with E-state index < -0.39 is 12.0 Å². The van der Waals surface area contributed by atoms with E-state index in [0.717, 1.165) is 24.1 Å². The van der Waals surface area contributed by atoms with Crippen molar-refractivity contribution in [3.8, 4) is 11.1 Å². The van der Waals surface area contributed by atoms with Gasteiger partial charge in [-0.15, -0.1) is 0 Å². The number of nitrogens with zero attached hydrogens (tertiary/aromatic N) is 1. The number of rotatable bonds is 5. The van der Waals surface area contributed by atoms with Gasteiger partial charge in [-0.3, -0.25) is 9.69 Å². The molecule has 0 aliphatic carbocycles. The first-order chi connectivity index (χ1) is 13.6. The summed E-state index contributed by atoms with van der Waals surface area (Å²) >= 11 is 0. The second kappa shape index (κ2) is 7.99. The fraction of sp³-hybridized carbons (Fsp3) is 0.240. The van der Waals surface area contributed by atoms with Crippen LogP contribution in [-0.4, -0.2) is 28.6 Å². The summed E-state index contributed by atoms with van der Waals surface area (Å²) in [6.07, 6.45) is 1.63. The van der Waals surface area contributed by atoms with Crippen LogP contribution in [0.4, 0.5) is 0 Å². The van der Waals surface area contributed by atoms with Crippen LogP contribution in [-0.2, 0) is 4.79 Å². The lowest BCUT2D eigenvalue weighted by atomic mass is 9.94. The molecule has 1 aliphatic heterocycles. The van der Waals surface area contributed by atoms with Crippen molar-refractivity contribution in [1.29, 1.82) is 0 Å². The van der Waals surface area contributed by atoms with Crippen molar-refractivity contribution in [2.75, 3.05) is 6.54 Å². The molecule has 4 rings (SSSR count). The number of hydrogen-bond donors (Lipinski definition) is 1. The Kier molecular flexibility index (Phi) is 5.27. The summed E-state index contributed by atoms with van der Waals surface area (Å²) in [5.74, 6) is -0.726. The molecule has 0 spiro atoms. The highest BCUT2D eigenvalue weighted by atomic mass is 16.4. The van der Waals surface area contributed by atoms with E-state index in [4.69, 9.17) is 0 Å². The second-order valence-corrected chi connectivity index (χ2v) is 7.54. The van der Waals surface area contributed by atoms with Gasteiger partial charge in [0.15, 0.2) is 0 Å². The lowest BCUT2D eigenvalue weighted by Crippen LogP contribution is -2.39. The topological polar surface area (TPSA) is 40.5 Å². The van der Waals surface area contributed by atoms with Crippen molar-refractivity contribution in [1.82, 2.24) is 4.90 Å². The lowest BCUT2D eigenvalue weighted by Gasteiger charge is -2.32. The van der Waals surface area contributed by atoms with Gasteiger partial charge in [-0.25, -0.2) is 0 Å². The molecule has 0 bridgehead atoms. The number of carboxylic acid groups (broad SMARTS) is 1. The van der Waals surface area contributed by atoms with Crippen LogP contribution < -0.4 is 0 Å². The maximum atomic E-state index is 11.8. The van der Waals surface area contributed by atoms with Crippen molar-refractivity contribution in [2.24, 2.45) is 0 Å². The molecule has 1 saturated heterocycles. The maximum absolute atomic E-state index is 11.8. The Bertz CT molecular complexity index is 933. The molecule has 1 heterocycles. The Balaban J connectivity index is 1.73. The summed E-state index contributed by atoms with van der Waals surface area (Å²) in [4.78, 5) is 14.0. The molecule has 2 atom stereocenters. The van der Waals surface area contributed by atoms with Crippen molar-refractivity contribution in [2.45, 2.75) is 31.8 Å². The van der Waals surface area contributed by atoms with E-state index in [1.54, 1.807) is 0 Å². The number of likely N-dealkylation sites (tertiary alicyclic amines) is 1. The summed E-state index contributed by atoms with van der Waals surface area (Å²) in [7, 11) is 0. The number of aliphatic carboxylic acids is 1. The predicted molar refractivity (Wildman–Crippen MR) is 112 cm³/mol. The first-order valence-corrected chi connectivity index (χ1v) is 9.84. The van der Waals surface area contributed by atoms with Gasteiger partial charge in [0.05, 0.1) is 6.04 Å². The van der Waals surface area contributed by atoms with E-state index in [-0.39, 0.29) is 6.04 Å². The fourth-order valence-corrected chi connectivity index (χ4v) is 4.18. The Morgan fingerprint density at radius 3 is 2.07 bits per heavy atom. The smallest absolute Gasteiger partial charge is 0.320 e. The van der Waals surface area contributed by atoms with Crippen LogP contribution >= 0.6 is 0 Å². The van der Waals surface area contributed by atoms with E-state index >= 15 is 0 Å². The largest absolute Gasteiger partial charge is 0.480 e. The minimum atomic E-state index is -0.726. The van der Waals surface area contributed by atoms with Gasteiger partial charge in [-0.2, -0.15) is 0 Å². The number of aryl methyl sites for hydroxylation is 1. The van der Waals surface area contributed by atoms with Crippen molar-refractivity contribution < 1.29 is 9.90 Å². The molecule has 1 fully saturated rings. The molecule has 1 aliphatic rings. The van der Waals surface area contributed by atoms with Crippen molar-refractivity contribution in [3.63, 3.8) is 0 Å². The molecule has 0 amide bonds. The van der Waals surface area contributed by atoms with E-state index in [1.165, 1.54) is 16.7 Å². The monoisotopic (exact) mass is 371 g/mol. The van der Waals surface area contributed by atoms with E-state index in [0.29, 0.717) is 6.42 Å². The summed E-state index contributed by atoms with van der Waals surface area (Å²) in [6.45, 7) is 2.87. The third-order valence-electron chi connectivity index (χ3n) is 5.64. The average molecular weight is 371 g/mol. The Morgan fingerprint density at radius 1 is 0.893 bits per heavy atom. The van der Waals surface area contributed by atoms with Crippen LogP contribution in [0, 0.1) is 6.92 Å². The van der Waals surface area contributed by atoms with Gasteiger partial charge >= 0.3 is 5.97 Å². The zero-order chi connectivity index (χ0) is 19.5. The quantitative estimate of drug-likeness (QED) is 0.661. The molecule has 0 radical (unpaired) electrons. The molecule has 3 aromatic rings. The van der Waals surface area contributed by atoms with Crippen molar-refractivity contribution >= 4 is 5.97 Å². The second-order valence-electron chi connectivity index (χ2n) is 7.54. The van der Waals surface area contributed by atoms with Crippen LogP contribution in [0.25, 0.3) is 11.1 Å². The minimum absolute atomic E-state index is 0.0472. The normalized spacial score (nSPS) is 18.1. The van der Waals surface area contributed by atoms with E-state index in [9.17, 15) is 9.90 Å². The van der Waals surface area contributed by atoms with Crippen molar-refractivity contribution in [3.05, 3.63) is 95.6 Å². The van der Waals surface area contributed by atoms with Gasteiger partial charge in [0.2, 0.25) is 0 Å². The van der Waals surface area contributed by atoms with Gasteiger partial charge in [-0.1, -0.05) is 84.4 Å². The minimum Gasteiger partial charge on any atom is -0.480 e. The molecule has 28 heavy (non-hydrogen) atoms. The predicted octanol–water partition coefficient (Wildman–Crippen LogP) is 5.30. The van der Waals surface area contributed by atoms with Gasteiger partial charge in [0.25, 0.3) is 0 Å². The molecule has 3 nitrogen and oxygen atoms in total. The summed E-state index contributed by atoms with van der Waals surface area (Å²) in [5.41, 5.74) is 5.84. The molecular formula is C25H25NO2. The number of carboxylic acids is 1. The third-order valence-corrected chi connectivity index (χ3v) is 5.64. The van der Waals surface area contributed by atoms with Gasteiger partial charge in [0.1, 0.15) is 6.04 Å². The number of carbonyl (C=O) groups is 1. The average Bonchev–Trinajstić information content (AvgIpc) is 3.21. The third kappa shape index (κ3) is 3.71. The molecule has 2 unspecified atom stereocenters. The first-order valence-electron chi connectivity index (χ1n) is 9.84. The van der Waals surface area contributed by atoms with Crippen LogP contribution in [0.15, 0.2) is 78.9 Å². The first kappa shape index (κ1) is 18.5. The Labute approximate surface area is 166 Å². The molecule has 0 saturated carbocycles. The van der Waals surface area contributed by atoms with Crippen LogP contribution in [0.2, 0.25) is 0 Å². The van der Waals surface area contributed by atoms with E-state index in [2.05, 4.69) is 72.5 Å². The number of hydrogen-bond acceptors (Lipinski definition) is 2. The van der Waals surface area contributed by atoms with Crippen LogP contribution in [0.5, 0.6) is 0 Å².